The summed E-state index contributed by atoms with van der Waals surface area (Å²) in [6.07, 6.45) is 18.6. The molecule has 1 saturated heterocycles. The zero-order valence-corrected chi connectivity index (χ0v) is 23.5. The van der Waals surface area contributed by atoms with Gasteiger partial charge >= 0.3 is 5.97 Å². The molecule has 204 valence electrons. The van der Waals surface area contributed by atoms with Gasteiger partial charge in [0.05, 0.1) is 0 Å². The van der Waals surface area contributed by atoms with Crippen LogP contribution in [0, 0.1) is 5.92 Å². The fourth-order valence-corrected chi connectivity index (χ4v) is 6.77. The lowest BCUT2D eigenvalue weighted by atomic mass is 9.71. The maximum atomic E-state index is 13.0. The van der Waals surface area contributed by atoms with E-state index in [0.717, 1.165) is 17.9 Å². The van der Waals surface area contributed by atoms with Gasteiger partial charge in [0.15, 0.2) is 0 Å². The van der Waals surface area contributed by atoms with Crippen LogP contribution in [0.4, 0.5) is 0 Å². The zero-order valence-electron chi connectivity index (χ0n) is 23.5. The molecule has 0 radical (unpaired) electrons. The first kappa shape index (κ1) is 29.1. The number of carbonyl (C=O) groups excluding carboxylic acids is 1. The quantitative estimate of drug-likeness (QED) is 0.384. The second-order valence-corrected chi connectivity index (χ2v) is 13.0. The molecular formula is C31H52N2O3. The molecule has 0 amide bonds. The average Bonchev–Trinajstić information content (AvgIpc) is 2.87. The molecular weight excluding hydrogens is 448 g/mol. The summed E-state index contributed by atoms with van der Waals surface area (Å²) in [5.41, 5.74) is 6.57. The maximum absolute atomic E-state index is 13.0. The van der Waals surface area contributed by atoms with Crippen molar-refractivity contribution in [3.05, 3.63) is 35.4 Å². The van der Waals surface area contributed by atoms with Crippen LogP contribution in [0.15, 0.2) is 24.3 Å². The first-order chi connectivity index (χ1) is 17.0. The normalized spacial score (nSPS) is 23.5. The Bertz CT molecular complexity index is 788. The Kier molecular flexibility index (Phi) is 10.4. The van der Waals surface area contributed by atoms with E-state index < -0.39 is 16.6 Å². The number of benzene rings is 1. The van der Waals surface area contributed by atoms with Crippen molar-refractivity contribution < 1.29 is 14.7 Å². The number of nitrogens with zero attached hydrogens (tertiary/aromatic N) is 1. The fraction of sp³-hybridized carbons (Fsp3) is 0.774. The Morgan fingerprint density at radius 2 is 1.36 bits per heavy atom. The lowest BCUT2D eigenvalue weighted by Crippen LogP contribution is -2.69. The number of hydroxylamine groups is 2. The second-order valence-electron chi connectivity index (χ2n) is 13.0. The van der Waals surface area contributed by atoms with E-state index >= 15 is 0 Å². The molecule has 0 bridgehead atoms. The molecule has 5 heteroatoms. The lowest BCUT2D eigenvalue weighted by molar-refractivity contribution is -0.254. The molecule has 2 fully saturated rings. The molecule has 1 aromatic rings. The van der Waals surface area contributed by atoms with Crippen LogP contribution in [0.5, 0.6) is 0 Å². The Labute approximate surface area is 220 Å². The van der Waals surface area contributed by atoms with Gasteiger partial charge in [-0.25, -0.2) is 0 Å². The molecule has 1 aliphatic heterocycles. The smallest absolute Gasteiger partial charge is 0.326 e. The highest BCUT2D eigenvalue weighted by Crippen LogP contribution is 2.41. The number of hydrogen-bond donors (Lipinski definition) is 2. The summed E-state index contributed by atoms with van der Waals surface area (Å²) in [5, 5.41) is 11.9. The van der Waals surface area contributed by atoms with Crippen LogP contribution in [0.25, 0.3) is 0 Å². The summed E-state index contributed by atoms with van der Waals surface area (Å²) in [6.45, 7) is 7.85. The van der Waals surface area contributed by atoms with Crippen molar-refractivity contribution in [2.75, 3.05) is 0 Å². The van der Waals surface area contributed by atoms with Gasteiger partial charge in [-0.1, -0.05) is 94.9 Å². The van der Waals surface area contributed by atoms with E-state index in [-0.39, 0.29) is 12.6 Å². The molecule has 2 aliphatic rings. The van der Waals surface area contributed by atoms with Gasteiger partial charge in [0.1, 0.15) is 12.1 Å². The third kappa shape index (κ3) is 8.29. The van der Waals surface area contributed by atoms with Crippen molar-refractivity contribution >= 4 is 5.97 Å². The topological polar surface area (TPSA) is 75.8 Å². The van der Waals surface area contributed by atoms with Gasteiger partial charge in [-0.15, -0.1) is 0 Å². The number of rotatable bonds is 7. The van der Waals surface area contributed by atoms with E-state index in [0.29, 0.717) is 12.8 Å². The minimum absolute atomic E-state index is 0.226. The van der Waals surface area contributed by atoms with Crippen LogP contribution in [0.3, 0.4) is 0 Å². The average molecular weight is 501 g/mol. The van der Waals surface area contributed by atoms with Gasteiger partial charge in [-0.2, -0.15) is 5.06 Å². The second kappa shape index (κ2) is 12.9. The van der Waals surface area contributed by atoms with E-state index in [1.54, 1.807) is 0 Å². The monoisotopic (exact) mass is 500 g/mol. The number of aryl methyl sites for hydroxylation is 1. The van der Waals surface area contributed by atoms with Gasteiger partial charge in [0.2, 0.25) is 0 Å². The SMILES string of the molecule is CC1(C)CC(N)(C(=O)OCc2ccc(CCCC3CCCCCCCCCC3)cc2)CC(C)(C)N1O. The van der Waals surface area contributed by atoms with Crippen LogP contribution in [0.2, 0.25) is 0 Å². The Morgan fingerprint density at radius 3 is 1.89 bits per heavy atom. The van der Waals surface area contributed by atoms with Gasteiger partial charge in [-0.3, -0.25) is 4.79 Å². The van der Waals surface area contributed by atoms with Gasteiger partial charge in [-0.05, 0) is 70.4 Å². The van der Waals surface area contributed by atoms with E-state index in [1.165, 1.54) is 87.7 Å². The highest BCUT2D eigenvalue weighted by atomic mass is 16.5. The van der Waals surface area contributed by atoms with Crippen molar-refractivity contribution in [1.82, 2.24) is 5.06 Å². The molecule has 36 heavy (non-hydrogen) atoms. The number of hydrogen-bond acceptors (Lipinski definition) is 5. The highest BCUT2D eigenvalue weighted by Gasteiger charge is 2.54. The summed E-state index contributed by atoms with van der Waals surface area (Å²) in [6, 6.07) is 8.50. The predicted octanol–water partition coefficient (Wildman–Crippen LogP) is 7.32. The van der Waals surface area contributed by atoms with E-state index in [2.05, 4.69) is 24.3 Å². The predicted molar refractivity (Wildman–Crippen MR) is 147 cm³/mol. The molecule has 0 spiro atoms. The minimum atomic E-state index is -1.11. The van der Waals surface area contributed by atoms with E-state index in [4.69, 9.17) is 10.5 Å². The Balaban J connectivity index is 1.44. The fourth-order valence-electron chi connectivity index (χ4n) is 6.77. The molecule has 0 unspecified atom stereocenters. The molecule has 1 heterocycles. The molecule has 0 atom stereocenters. The highest BCUT2D eigenvalue weighted by molar-refractivity contribution is 5.81. The molecule has 0 aromatic heterocycles. The van der Waals surface area contributed by atoms with Gasteiger partial charge in [0, 0.05) is 11.1 Å². The van der Waals surface area contributed by atoms with Crippen LogP contribution in [0.1, 0.15) is 129 Å². The number of ether oxygens (including phenoxy) is 1. The van der Waals surface area contributed by atoms with Crippen molar-refractivity contribution in [2.45, 2.75) is 147 Å². The molecule has 5 nitrogen and oxygen atoms in total. The number of esters is 1. The standard InChI is InChI=1S/C31H52N2O3/c1-29(2)23-31(32,24-30(3,4)33(29)35)28(34)36-22-27-20-18-26(19-21-27)17-13-16-25-14-11-9-7-5-6-8-10-12-15-25/h18-21,25,35H,5-17,22-24,32H2,1-4H3. The molecule has 1 aliphatic carbocycles. The summed E-state index contributed by atoms with van der Waals surface area (Å²) in [7, 11) is 0. The number of carbonyl (C=O) groups is 1. The van der Waals surface area contributed by atoms with E-state index in [9.17, 15) is 10.0 Å². The van der Waals surface area contributed by atoms with Gasteiger partial charge < -0.3 is 15.7 Å². The van der Waals surface area contributed by atoms with E-state index in [1.807, 2.05) is 27.7 Å². The van der Waals surface area contributed by atoms with Crippen LogP contribution < -0.4 is 5.73 Å². The summed E-state index contributed by atoms with van der Waals surface area (Å²) in [5.74, 6) is 0.514. The molecule has 1 saturated carbocycles. The number of nitrogens with two attached hydrogens (primary N) is 1. The molecule has 3 N–H and O–H groups in total. The zero-order chi connectivity index (χ0) is 26.2. The molecule has 3 rings (SSSR count). The Hall–Kier alpha value is -1.43. The largest absolute Gasteiger partial charge is 0.459 e. The molecule has 1 aromatic carbocycles. The Morgan fingerprint density at radius 1 is 0.889 bits per heavy atom. The minimum Gasteiger partial charge on any atom is -0.459 e. The van der Waals surface area contributed by atoms with Gasteiger partial charge in [0.25, 0.3) is 0 Å². The summed E-state index contributed by atoms with van der Waals surface area (Å²) in [4.78, 5) is 13.0. The summed E-state index contributed by atoms with van der Waals surface area (Å²) < 4.78 is 5.68. The summed E-state index contributed by atoms with van der Waals surface area (Å²) >= 11 is 0. The van der Waals surface area contributed by atoms with Crippen LogP contribution in [-0.2, 0) is 22.6 Å². The van der Waals surface area contributed by atoms with Crippen LogP contribution >= 0.6 is 0 Å². The van der Waals surface area contributed by atoms with Crippen molar-refractivity contribution in [3.8, 4) is 0 Å². The van der Waals surface area contributed by atoms with Crippen LogP contribution in [-0.4, -0.2) is 32.9 Å². The number of piperidine rings is 1. The lowest BCUT2D eigenvalue weighted by Gasteiger charge is -2.54. The third-order valence-electron chi connectivity index (χ3n) is 8.49. The van der Waals surface area contributed by atoms with Crippen molar-refractivity contribution in [1.29, 1.82) is 0 Å². The first-order valence-corrected chi connectivity index (χ1v) is 14.6. The van der Waals surface area contributed by atoms with Crippen molar-refractivity contribution in [2.24, 2.45) is 11.7 Å². The maximum Gasteiger partial charge on any atom is 0.326 e. The van der Waals surface area contributed by atoms with Crippen molar-refractivity contribution in [3.63, 3.8) is 0 Å². The first-order valence-electron chi connectivity index (χ1n) is 14.6. The third-order valence-corrected chi connectivity index (χ3v) is 8.49.